The van der Waals surface area contributed by atoms with Gasteiger partial charge in [-0.05, 0) is 74.0 Å². The molecule has 1 aromatic heterocycles. The Balaban J connectivity index is 2.21. The van der Waals surface area contributed by atoms with E-state index < -0.39 is 0 Å². The van der Waals surface area contributed by atoms with Crippen LogP contribution in [-0.4, -0.2) is 6.54 Å². The minimum atomic E-state index is -0.221. The molecule has 0 aliphatic heterocycles. The summed E-state index contributed by atoms with van der Waals surface area (Å²) in [6.45, 7) is 2.99. The quantitative estimate of drug-likeness (QED) is 0.709. The van der Waals surface area contributed by atoms with E-state index in [2.05, 4.69) is 55.5 Å². The van der Waals surface area contributed by atoms with Gasteiger partial charge in [0.15, 0.2) is 0 Å². The van der Waals surface area contributed by atoms with Crippen molar-refractivity contribution in [3.05, 3.63) is 54.8 Å². The number of halogens is 3. The van der Waals surface area contributed by atoms with Crippen LogP contribution in [0.1, 0.15) is 23.4 Å². The Morgan fingerprint density at radius 3 is 2.63 bits per heavy atom. The summed E-state index contributed by atoms with van der Waals surface area (Å²) in [6, 6.07) is 7.50. The molecule has 0 spiro atoms. The zero-order valence-corrected chi connectivity index (χ0v) is 14.4. The van der Waals surface area contributed by atoms with Gasteiger partial charge in [-0.1, -0.05) is 13.0 Å². The Labute approximate surface area is 133 Å². The number of likely N-dealkylation sites (N-methyl/N-ethyl adjacent to an activating group) is 1. The molecule has 0 fully saturated rings. The first-order valence-corrected chi connectivity index (χ1v) is 8.48. The maximum absolute atomic E-state index is 13.3. The van der Waals surface area contributed by atoms with E-state index in [0.717, 1.165) is 23.0 Å². The van der Waals surface area contributed by atoms with Crippen LogP contribution in [0.15, 0.2) is 38.6 Å². The molecule has 2 rings (SSSR count). The average Bonchev–Trinajstić information content (AvgIpc) is 2.79. The summed E-state index contributed by atoms with van der Waals surface area (Å²) in [5.74, 6) is -0.221. The highest BCUT2D eigenvalue weighted by molar-refractivity contribution is 9.10. The molecule has 0 aliphatic rings. The second-order valence-electron chi connectivity index (χ2n) is 4.20. The Morgan fingerprint density at radius 1 is 1.26 bits per heavy atom. The normalized spacial score (nSPS) is 12.6. The first-order valence-electron chi connectivity index (χ1n) is 6.02. The van der Waals surface area contributed by atoms with E-state index in [4.69, 9.17) is 0 Å². The van der Waals surface area contributed by atoms with E-state index in [1.54, 1.807) is 11.3 Å². The van der Waals surface area contributed by atoms with Gasteiger partial charge in [-0.3, -0.25) is 0 Å². The van der Waals surface area contributed by atoms with Crippen LogP contribution in [0.25, 0.3) is 0 Å². The number of benzene rings is 1. The molecule has 1 N–H and O–H groups in total. The van der Waals surface area contributed by atoms with Crippen molar-refractivity contribution >= 4 is 43.2 Å². The van der Waals surface area contributed by atoms with Crippen molar-refractivity contribution in [1.82, 2.24) is 5.32 Å². The largest absolute Gasteiger partial charge is 0.309 e. The van der Waals surface area contributed by atoms with Crippen LogP contribution in [0.5, 0.6) is 0 Å². The van der Waals surface area contributed by atoms with E-state index in [1.165, 1.54) is 10.9 Å². The Morgan fingerprint density at radius 2 is 2.05 bits per heavy atom. The van der Waals surface area contributed by atoms with Crippen LogP contribution in [0, 0.1) is 5.82 Å². The van der Waals surface area contributed by atoms with E-state index in [0.29, 0.717) is 4.47 Å². The molecular weight excluding hydrogens is 393 g/mol. The minimum Gasteiger partial charge on any atom is -0.309 e. The van der Waals surface area contributed by atoms with Crippen molar-refractivity contribution in [3.63, 3.8) is 0 Å². The monoisotopic (exact) mass is 405 g/mol. The lowest BCUT2D eigenvalue weighted by molar-refractivity contribution is 0.555. The first-order chi connectivity index (χ1) is 9.11. The third kappa shape index (κ3) is 3.88. The van der Waals surface area contributed by atoms with E-state index >= 15 is 0 Å². The van der Waals surface area contributed by atoms with Gasteiger partial charge in [0, 0.05) is 15.4 Å². The smallest absolute Gasteiger partial charge is 0.137 e. The predicted octanol–water partition coefficient (Wildman–Crippen LogP) is 5.31. The van der Waals surface area contributed by atoms with Gasteiger partial charge in [0.2, 0.25) is 0 Å². The molecule has 102 valence electrons. The molecule has 0 amide bonds. The average molecular weight is 407 g/mol. The Kier molecular flexibility index (Phi) is 5.57. The summed E-state index contributed by atoms with van der Waals surface area (Å²) in [6.07, 6.45) is 0.839. The zero-order chi connectivity index (χ0) is 13.8. The number of hydrogen-bond acceptors (Lipinski definition) is 2. The van der Waals surface area contributed by atoms with Gasteiger partial charge < -0.3 is 5.32 Å². The summed E-state index contributed by atoms with van der Waals surface area (Å²) in [4.78, 5) is 1.28. The van der Waals surface area contributed by atoms with E-state index in [9.17, 15) is 4.39 Å². The number of hydrogen-bond donors (Lipinski definition) is 1. The molecule has 0 aliphatic carbocycles. The maximum atomic E-state index is 13.3. The van der Waals surface area contributed by atoms with Gasteiger partial charge in [0.05, 0.1) is 4.47 Å². The van der Waals surface area contributed by atoms with Gasteiger partial charge in [-0.15, -0.1) is 11.3 Å². The van der Waals surface area contributed by atoms with Crippen molar-refractivity contribution in [2.45, 2.75) is 19.4 Å². The van der Waals surface area contributed by atoms with Crippen molar-refractivity contribution in [2.24, 2.45) is 0 Å². The predicted molar refractivity (Wildman–Crippen MR) is 86.2 cm³/mol. The second kappa shape index (κ2) is 6.97. The maximum Gasteiger partial charge on any atom is 0.137 e. The molecule has 2 aromatic rings. The lowest BCUT2D eigenvalue weighted by Crippen LogP contribution is -2.22. The van der Waals surface area contributed by atoms with Gasteiger partial charge in [-0.2, -0.15) is 0 Å². The third-order valence-corrected chi connectivity index (χ3v) is 5.43. The van der Waals surface area contributed by atoms with Crippen molar-refractivity contribution in [2.75, 3.05) is 6.54 Å². The van der Waals surface area contributed by atoms with Crippen LogP contribution in [0.2, 0.25) is 0 Å². The fraction of sp³-hybridized carbons (Fsp3) is 0.286. The van der Waals surface area contributed by atoms with Crippen LogP contribution in [0.4, 0.5) is 4.39 Å². The van der Waals surface area contributed by atoms with Crippen molar-refractivity contribution < 1.29 is 4.39 Å². The van der Waals surface area contributed by atoms with E-state index in [-0.39, 0.29) is 11.9 Å². The highest BCUT2D eigenvalue weighted by atomic mass is 79.9. The van der Waals surface area contributed by atoms with Crippen LogP contribution >= 0.6 is 43.2 Å². The number of nitrogens with one attached hydrogen (secondary N) is 1. The summed E-state index contributed by atoms with van der Waals surface area (Å²) in [5, 5.41) is 5.55. The van der Waals surface area contributed by atoms with Crippen molar-refractivity contribution in [3.8, 4) is 0 Å². The molecule has 1 atom stereocenters. The molecule has 1 heterocycles. The standard InChI is InChI=1S/C14H14Br2FNS/c1-2-18-13(14-10(15)5-6-19-14)8-9-3-4-12(17)11(16)7-9/h3-7,13,18H,2,8H2,1H3. The van der Waals surface area contributed by atoms with Crippen LogP contribution in [-0.2, 0) is 6.42 Å². The minimum absolute atomic E-state index is 0.221. The highest BCUT2D eigenvalue weighted by Gasteiger charge is 2.16. The molecule has 0 saturated heterocycles. The van der Waals surface area contributed by atoms with Crippen LogP contribution in [0.3, 0.4) is 0 Å². The van der Waals surface area contributed by atoms with E-state index in [1.807, 2.05) is 12.1 Å². The second-order valence-corrected chi connectivity index (χ2v) is 6.85. The lowest BCUT2D eigenvalue weighted by atomic mass is 10.0. The molecule has 0 saturated carbocycles. The fourth-order valence-electron chi connectivity index (χ4n) is 1.96. The summed E-state index contributed by atoms with van der Waals surface area (Å²) >= 11 is 8.54. The summed E-state index contributed by atoms with van der Waals surface area (Å²) < 4.78 is 14.9. The first kappa shape index (κ1) is 15.2. The Bertz CT molecular complexity index is 556. The highest BCUT2D eigenvalue weighted by Crippen LogP contribution is 2.31. The molecule has 19 heavy (non-hydrogen) atoms. The third-order valence-electron chi connectivity index (χ3n) is 2.84. The van der Waals surface area contributed by atoms with Gasteiger partial charge in [-0.25, -0.2) is 4.39 Å². The van der Waals surface area contributed by atoms with Gasteiger partial charge in [0.25, 0.3) is 0 Å². The van der Waals surface area contributed by atoms with Gasteiger partial charge >= 0.3 is 0 Å². The molecule has 1 unspecified atom stereocenters. The molecule has 5 heteroatoms. The molecule has 0 bridgehead atoms. The van der Waals surface area contributed by atoms with Crippen molar-refractivity contribution in [1.29, 1.82) is 0 Å². The molecule has 1 aromatic carbocycles. The SMILES string of the molecule is CCNC(Cc1ccc(F)c(Br)c1)c1sccc1Br. The lowest BCUT2D eigenvalue weighted by Gasteiger charge is -2.17. The zero-order valence-electron chi connectivity index (χ0n) is 10.4. The molecular formula is C14H14Br2FNS. The van der Waals surface area contributed by atoms with Crippen LogP contribution < -0.4 is 5.32 Å². The number of rotatable bonds is 5. The van der Waals surface area contributed by atoms with Gasteiger partial charge in [0.1, 0.15) is 5.82 Å². The molecule has 1 nitrogen and oxygen atoms in total. The summed E-state index contributed by atoms with van der Waals surface area (Å²) in [5.41, 5.74) is 1.11. The fourth-order valence-corrected chi connectivity index (χ4v) is 4.11. The molecule has 0 radical (unpaired) electrons. The number of thiophene rings is 1. The summed E-state index contributed by atoms with van der Waals surface area (Å²) in [7, 11) is 0. The topological polar surface area (TPSA) is 12.0 Å². The Hall–Kier alpha value is -0.230.